The first-order valence-corrected chi connectivity index (χ1v) is 10.5. The molecule has 8 heteroatoms. The van der Waals surface area contributed by atoms with Gasteiger partial charge in [0.2, 0.25) is 0 Å². The Bertz CT molecular complexity index is 1050. The van der Waals surface area contributed by atoms with Gasteiger partial charge in [0.05, 0.1) is 30.5 Å². The van der Waals surface area contributed by atoms with Gasteiger partial charge in [-0.15, -0.1) is 0 Å². The summed E-state index contributed by atoms with van der Waals surface area (Å²) < 4.78 is 6.88. The van der Waals surface area contributed by atoms with Crippen molar-refractivity contribution in [3.8, 4) is 5.69 Å². The average Bonchev–Trinajstić information content (AvgIpc) is 3.42. The zero-order valence-corrected chi connectivity index (χ0v) is 18.0. The maximum absolute atomic E-state index is 11.8. The molecule has 0 saturated carbocycles. The van der Waals surface area contributed by atoms with E-state index in [0.29, 0.717) is 23.6 Å². The lowest BCUT2D eigenvalue weighted by Gasteiger charge is -2.28. The average molecular weight is 437 g/mol. The highest BCUT2D eigenvalue weighted by Gasteiger charge is 2.40. The maximum atomic E-state index is 11.8. The lowest BCUT2D eigenvalue weighted by Crippen LogP contribution is -2.31. The van der Waals surface area contributed by atoms with E-state index in [4.69, 9.17) is 17.0 Å². The first kappa shape index (κ1) is 21.0. The van der Waals surface area contributed by atoms with Crippen molar-refractivity contribution in [1.82, 2.24) is 19.8 Å². The highest BCUT2D eigenvalue weighted by molar-refractivity contribution is 7.80. The quantitative estimate of drug-likeness (QED) is 0.435. The number of aromatic nitrogens is 2. The summed E-state index contributed by atoms with van der Waals surface area (Å²) in [5.41, 5.74) is 3.36. The van der Waals surface area contributed by atoms with Gasteiger partial charge in [-0.2, -0.15) is 0 Å². The van der Waals surface area contributed by atoms with Gasteiger partial charge < -0.3 is 24.6 Å². The number of carbonyl (C=O) groups is 1. The summed E-state index contributed by atoms with van der Waals surface area (Å²) in [6, 6.07) is 17.0. The second-order valence-electron chi connectivity index (χ2n) is 7.24. The molecule has 4 rings (SSSR count). The molecule has 1 aliphatic heterocycles. The molecule has 0 aliphatic carbocycles. The fourth-order valence-corrected chi connectivity index (χ4v) is 4.29. The Morgan fingerprint density at radius 1 is 1.19 bits per heavy atom. The van der Waals surface area contributed by atoms with E-state index in [1.807, 2.05) is 42.6 Å². The number of esters is 1. The van der Waals surface area contributed by atoms with E-state index in [1.165, 1.54) is 7.11 Å². The number of nitrogens with one attached hydrogen (secondary N) is 1. The molecular weight excluding hydrogens is 412 g/mol. The van der Waals surface area contributed by atoms with E-state index in [9.17, 15) is 9.90 Å². The van der Waals surface area contributed by atoms with Crippen LogP contribution in [0.1, 0.15) is 40.3 Å². The molecule has 0 unspecified atom stereocenters. The van der Waals surface area contributed by atoms with E-state index in [-0.39, 0.29) is 24.7 Å². The first-order valence-electron chi connectivity index (χ1n) is 10.1. The number of rotatable bonds is 7. The minimum absolute atomic E-state index is 0.0933. The summed E-state index contributed by atoms with van der Waals surface area (Å²) in [6.07, 6.45) is 4.38. The summed E-state index contributed by atoms with van der Waals surface area (Å²) in [6.45, 7) is 0.721. The molecule has 3 heterocycles. The topological polar surface area (TPSA) is 79.6 Å². The Hall–Kier alpha value is -3.23. The monoisotopic (exact) mass is 436 g/mol. The number of benzene rings is 1. The molecule has 1 aliphatic rings. The molecule has 1 saturated heterocycles. The molecule has 0 bridgehead atoms. The fraction of sp³-hybridized carbons (Fsp3) is 0.261. The molecule has 7 nitrogen and oxygen atoms in total. The predicted octanol–water partition coefficient (Wildman–Crippen LogP) is 3.01. The van der Waals surface area contributed by atoms with E-state index in [2.05, 4.69) is 25.8 Å². The number of pyridine rings is 1. The highest BCUT2D eigenvalue weighted by Crippen LogP contribution is 2.39. The molecule has 0 amide bonds. The Morgan fingerprint density at radius 2 is 2.00 bits per heavy atom. The van der Waals surface area contributed by atoms with Crippen LogP contribution in [0.5, 0.6) is 0 Å². The summed E-state index contributed by atoms with van der Waals surface area (Å²) in [5.74, 6) is -0.366. The Balaban J connectivity index is 1.74. The Morgan fingerprint density at radius 3 is 2.68 bits per heavy atom. The minimum Gasteiger partial charge on any atom is -0.465 e. The van der Waals surface area contributed by atoms with Crippen molar-refractivity contribution in [1.29, 1.82) is 0 Å². The van der Waals surface area contributed by atoms with Crippen LogP contribution < -0.4 is 5.32 Å². The van der Waals surface area contributed by atoms with Crippen molar-refractivity contribution in [3.05, 3.63) is 83.9 Å². The number of nitrogens with zero attached hydrogens (tertiary/aromatic N) is 3. The van der Waals surface area contributed by atoms with Gasteiger partial charge in [0.25, 0.3) is 0 Å². The zero-order chi connectivity index (χ0) is 21.8. The van der Waals surface area contributed by atoms with Crippen molar-refractivity contribution in [3.63, 3.8) is 0 Å². The van der Waals surface area contributed by atoms with E-state index in [0.717, 1.165) is 17.1 Å². The lowest BCUT2D eigenvalue weighted by atomic mass is 10.0. The largest absolute Gasteiger partial charge is 0.465 e. The van der Waals surface area contributed by atoms with Crippen molar-refractivity contribution in [2.45, 2.75) is 18.5 Å². The number of carbonyl (C=O) groups excluding carboxylic acids is 1. The van der Waals surface area contributed by atoms with Crippen LogP contribution in [-0.4, -0.2) is 50.9 Å². The molecule has 2 atom stereocenters. The molecule has 1 aromatic carbocycles. The summed E-state index contributed by atoms with van der Waals surface area (Å²) in [7, 11) is 1.37. The van der Waals surface area contributed by atoms with Crippen molar-refractivity contribution in [2.24, 2.45) is 0 Å². The van der Waals surface area contributed by atoms with Gasteiger partial charge in [0, 0.05) is 36.9 Å². The second kappa shape index (κ2) is 9.28. The lowest BCUT2D eigenvalue weighted by molar-refractivity contribution is 0.0600. The van der Waals surface area contributed by atoms with E-state index >= 15 is 0 Å². The van der Waals surface area contributed by atoms with Crippen molar-refractivity contribution in [2.75, 3.05) is 20.3 Å². The van der Waals surface area contributed by atoms with Gasteiger partial charge in [-0.1, -0.05) is 6.07 Å². The van der Waals surface area contributed by atoms with Crippen LogP contribution in [0, 0.1) is 0 Å². The molecule has 0 spiro atoms. The molecule has 2 N–H and O–H groups in total. The van der Waals surface area contributed by atoms with Crippen LogP contribution in [0.2, 0.25) is 0 Å². The number of hydrogen-bond acceptors (Lipinski definition) is 5. The molecule has 31 heavy (non-hydrogen) atoms. The van der Waals surface area contributed by atoms with Gasteiger partial charge in [-0.3, -0.25) is 4.98 Å². The maximum Gasteiger partial charge on any atom is 0.337 e. The van der Waals surface area contributed by atoms with Crippen LogP contribution in [0.4, 0.5) is 0 Å². The molecular formula is C23H24N4O3S. The Kier molecular flexibility index (Phi) is 6.29. The SMILES string of the molecule is COC(=O)c1ccc(-n2cccc2[C@H]2[C@@H](c3ccccn3)NC(=S)N2CCCO)cc1. The standard InChI is InChI=1S/C23H24N4O3S/c1-30-22(29)16-8-10-17(11-9-16)26-13-4-7-19(26)21-20(18-6-2-3-12-24-18)25-23(31)27(21)14-5-15-28/h2-4,6-13,20-21,28H,5,14-15H2,1H3,(H,25,31)/t20-,21+/m1/s1. The third-order valence-electron chi connectivity index (χ3n) is 5.40. The van der Waals surface area contributed by atoms with Crippen LogP contribution in [0.15, 0.2) is 67.0 Å². The molecule has 2 aromatic heterocycles. The van der Waals surface area contributed by atoms with Crippen molar-refractivity contribution >= 4 is 23.3 Å². The molecule has 1 fully saturated rings. The number of ether oxygens (including phenoxy) is 1. The summed E-state index contributed by atoms with van der Waals surface area (Å²) in [5, 5.41) is 13.4. The van der Waals surface area contributed by atoms with Crippen LogP contribution in [-0.2, 0) is 4.74 Å². The third kappa shape index (κ3) is 4.17. The number of hydrogen-bond donors (Lipinski definition) is 2. The third-order valence-corrected chi connectivity index (χ3v) is 5.76. The molecule has 3 aromatic rings. The van der Waals surface area contributed by atoms with Gasteiger partial charge in [-0.05, 0) is 67.2 Å². The fourth-order valence-electron chi connectivity index (χ4n) is 3.96. The summed E-state index contributed by atoms with van der Waals surface area (Å²) in [4.78, 5) is 18.4. The number of methoxy groups -OCH3 is 1. The van der Waals surface area contributed by atoms with Crippen molar-refractivity contribution < 1.29 is 14.6 Å². The van der Waals surface area contributed by atoms with Gasteiger partial charge in [0.15, 0.2) is 5.11 Å². The second-order valence-corrected chi connectivity index (χ2v) is 7.63. The zero-order valence-electron chi connectivity index (χ0n) is 17.1. The minimum atomic E-state index is -0.366. The summed E-state index contributed by atoms with van der Waals surface area (Å²) >= 11 is 5.65. The predicted molar refractivity (Wildman–Crippen MR) is 121 cm³/mol. The Labute approximate surface area is 186 Å². The van der Waals surface area contributed by atoms with E-state index in [1.54, 1.807) is 18.3 Å². The van der Waals surface area contributed by atoms with Crippen LogP contribution in [0.3, 0.4) is 0 Å². The van der Waals surface area contributed by atoms with Crippen LogP contribution >= 0.6 is 12.2 Å². The molecule has 0 radical (unpaired) electrons. The van der Waals surface area contributed by atoms with Gasteiger partial charge >= 0.3 is 5.97 Å². The highest BCUT2D eigenvalue weighted by atomic mass is 32.1. The first-order chi connectivity index (χ1) is 15.1. The van der Waals surface area contributed by atoms with Gasteiger partial charge in [-0.25, -0.2) is 4.79 Å². The number of aliphatic hydroxyl groups is 1. The normalized spacial score (nSPS) is 18.1. The van der Waals surface area contributed by atoms with E-state index < -0.39 is 0 Å². The number of aliphatic hydroxyl groups excluding tert-OH is 1. The van der Waals surface area contributed by atoms with Crippen LogP contribution in [0.25, 0.3) is 5.69 Å². The number of thiocarbonyl (C=S) groups is 1. The molecule has 160 valence electrons. The smallest absolute Gasteiger partial charge is 0.337 e. The van der Waals surface area contributed by atoms with Gasteiger partial charge in [0.1, 0.15) is 0 Å².